The standard InChI is InChI=1S/2C10H22N2.C9H21N2.C9H20N2.C8H18N2.2C8H17N.C7H15N.3CH4/c1-9(2)12-7-5-10(6-8-12)11(3)4;1-9(2)11-5-7-12(8-6-11)10(3)4;1-9(2)10-5-7-11(3,4)8-6-10;1-8(2)11-6-5-9(7-11)10(3)4;1-8(2)10-6-4-9(3)5-7-10;2*1-8(2)9-6-4-3-5-7-9;1-7(2)8-5-3-4-6-8;;;/h2*9-10H,5-8H2,1-4H3;9H,5-8H2,1-4H3;8-9H,5-7H2,1-4H3;8H,4-7H2,1-3H3;2*8H,3-7H2,1-2H3;7H,3-6H2,1-2H3;3*1H4/q;;+1;;;;;;;;. The average Bonchev–Trinajstić information content (AvgIpc) is 4.20. The molecule has 0 amide bonds. The summed E-state index contributed by atoms with van der Waals surface area (Å²) in [6.45, 7) is 69.2. The van der Waals surface area contributed by atoms with Crippen molar-refractivity contribution in [2.45, 2.75) is 284 Å². The Labute approximate surface area is 538 Å². The first kappa shape index (κ1) is 88.7. The number of quaternary nitrogens is 1. The lowest BCUT2D eigenvalue weighted by Gasteiger charge is -2.40. The number of likely N-dealkylation sites (N-methyl/N-ethyl adjacent to an activating group) is 3. The Hall–Kier alpha value is -0.520. The fraction of sp³-hybridized carbons (Fsp3) is 1.00. The van der Waals surface area contributed by atoms with E-state index in [9.17, 15) is 0 Å². The number of nitrogens with zero attached hydrogens (tertiary/aromatic N) is 13. The number of piperazine rings is 3. The minimum atomic E-state index is 0. The van der Waals surface area contributed by atoms with Crippen molar-refractivity contribution in [2.24, 2.45) is 0 Å². The van der Waals surface area contributed by atoms with Gasteiger partial charge in [0.1, 0.15) is 0 Å². The molecule has 8 rings (SSSR count). The number of piperidine rings is 3. The summed E-state index contributed by atoms with van der Waals surface area (Å²) in [4.78, 5) is 30.0. The molecule has 0 aliphatic carbocycles. The Morgan fingerprint density at radius 1 is 0.271 bits per heavy atom. The second kappa shape index (κ2) is 49.2. The molecule has 0 bridgehead atoms. The van der Waals surface area contributed by atoms with Gasteiger partial charge in [-0.05, 0) is 270 Å². The van der Waals surface area contributed by atoms with Crippen LogP contribution in [0, 0.1) is 0 Å². The predicted molar refractivity (Wildman–Crippen MR) is 386 cm³/mol. The van der Waals surface area contributed by atoms with Crippen LogP contribution in [0.25, 0.3) is 0 Å². The number of likely N-dealkylation sites (tertiary alicyclic amines) is 5. The van der Waals surface area contributed by atoms with Gasteiger partial charge in [0.05, 0.1) is 27.2 Å². The van der Waals surface area contributed by atoms with E-state index in [2.05, 4.69) is 233 Å². The Bertz CT molecular complexity index is 1330. The molecule has 8 heterocycles. The van der Waals surface area contributed by atoms with Gasteiger partial charge in [-0.2, -0.15) is 0 Å². The minimum Gasteiger partial charge on any atom is -0.326 e. The zero-order valence-corrected chi connectivity index (χ0v) is 60.5. The van der Waals surface area contributed by atoms with Crippen molar-refractivity contribution >= 4 is 0 Å². The second-order valence-corrected chi connectivity index (χ2v) is 29.7. The van der Waals surface area contributed by atoms with Crippen molar-refractivity contribution in [3.8, 4) is 0 Å². The molecule has 8 fully saturated rings. The zero-order valence-electron chi connectivity index (χ0n) is 60.5. The fourth-order valence-corrected chi connectivity index (χ4v) is 12.4. The quantitative estimate of drug-likeness (QED) is 0.185. The van der Waals surface area contributed by atoms with Crippen molar-refractivity contribution in [2.75, 3.05) is 193 Å². The largest absolute Gasteiger partial charge is 0.326 e. The van der Waals surface area contributed by atoms with Crippen LogP contribution in [-0.2, 0) is 0 Å². The second-order valence-electron chi connectivity index (χ2n) is 29.7. The monoisotopic (exact) mass is 1210 g/mol. The van der Waals surface area contributed by atoms with E-state index in [-0.39, 0.29) is 22.3 Å². The molecule has 85 heavy (non-hydrogen) atoms. The van der Waals surface area contributed by atoms with Crippen LogP contribution in [0.1, 0.15) is 218 Å². The van der Waals surface area contributed by atoms with Crippen molar-refractivity contribution in [1.29, 1.82) is 0 Å². The van der Waals surface area contributed by atoms with Crippen LogP contribution in [0.15, 0.2) is 0 Å². The SMILES string of the molecule is C.C.C.CC(C)N1CCC(N(C)C)C1.CC(C)N1CCC(N(C)C)CC1.CC(C)N1CCCC1.CC(C)N1CCCCC1.CC(C)N1CCCCC1.CC(C)N1CCN(C(C)C)CC1.CC(C)N1CCN(C)CC1.CC(C)N1CC[N+](C)(C)CC1. The van der Waals surface area contributed by atoms with E-state index in [1.807, 2.05) is 0 Å². The fourth-order valence-electron chi connectivity index (χ4n) is 12.4. The molecule has 0 N–H and O–H groups in total. The van der Waals surface area contributed by atoms with Crippen molar-refractivity contribution in [3.05, 3.63) is 0 Å². The highest BCUT2D eigenvalue weighted by molar-refractivity contribution is 4.83. The van der Waals surface area contributed by atoms with Crippen molar-refractivity contribution in [1.82, 2.24) is 58.8 Å². The van der Waals surface area contributed by atoms with Gasteiger partial charge in [0.2, 0.25) is 0 Å². The van der Waals surface area contributed by atoms with Crippen LogP contribution >= 0.6 is 0 Å². The molecule has 1 atom stereocenters. The van der Waals surface area contributed by atoms with Crippen molar-refractivity contribution < 1.29 is 4.48 Å². The molecule has 13 nitrogen and oxygen atoms in total. The molecule has 8 aliphatic heterocycles. The summed E-state index contributed by atoms with van der Waals surface area (Å²) in [7, 11) is 15.6. The van der Waals surface area contributed by atoms with Gasteiger partial charge in [-0.1, -0.05) is 35.1 Å². The molecule has 13 heteroatoms. The van der Waals surface area contributed by atoms with Crippen LogP contribution < -0.4 is 0 Å². The highest BCUT2D eigenvalue weighted by atomic mass is 15.4. The molecule has 8 aliphatic rings. The molecule has 0 spiro atoms. The van der Waals surface area contributed by atoms with E-state index in [1.165, 1.54) is 219 Å². The van der Waals surface area contributed by atoms with Gasteiger partial charge < -0.3 is 38.8 Å². The predicted octanol–water partition coefficient (Wildman–Crippen LogP) is 12.5. The maximum absolute atomic E-state index is 2.57. The third-order valence-corrected chi connectivity index (χ3v) is 19.5. The van der Waals surface area contributed by atoms with Gasteiger partial charge in [0.15, 0.2) is 0 Å². The van der Waals surface area contributed by atoms with E-state index in [0.29, 0.717) is 0 Å². The smallest absolute Gasteiger partial charge is 0.0912 e. The lowest BCUT2D eigenvalue weighted by atomic mass is 10.0. The molecular weight excluding hydrogens is 1050 g/mol. The molecule has 0 radical (unpaired) electrons. The van der Waals surface area contributed by atoms with Gasteiger partial charge in [-0.15, -0.1) is 0 Å². The Morgan fingerprint density at radius 3 is 0.718 bits per heavy atom. The molecule has 0 saturated carbocycles. The highest BCUT2D eigenvalue weighted by Crippen LogP contribution is 2.18. The normalized spacial score (nSPS) is 23.1. The van der Waals surface area contributed by atoms with Gasteiger partial charge in [0, 0.05) is 145 Å². The molecule has 8 saturated heterocycles. The highest BCUT2D eigenvalue weighted by Gasteiger charge is 2.27. The summed E-state index contributed by atoms with van der Waals surface area (Å²) in [6.07, 6.45) is 15.4. The Morgan fingerprint density at radius 2 is 0.482 bits per heavy atom. The van der Waals surface area contributed by atoms with Gasteiger partial charge in [-0.25, -0.2) is 0 Å². The van der Waals surface area contributed by atoms with E-state index < -0.39 is 0 Å². The van der Waals surface area contributed by atoms with Crippen LogP contribution in [0.4, 0.5) is 0 Å². The minimum absolute atomic E-state index is 0. The van der Waals surface area contributed by atoms with Gasteiger partial charge >= 0.3 is 0 Å². The van der Waals surface area contributed by atoms with E-state index >= 15 is 0 Å². The first-order valence-electron chi connectivity index (χ1n) is 35.0. The van der Waals surface area contributed by atoms with E-state index in [4.69, 9.17) is 0 Å². The van der Waals surface area contributed by atoms with Crippen LogP contribution in [0.5, 0.6) is 0 Å². The van der Waals surface area contributed by atoms with Crippen molar-refractivity contribution in [3.63, 3.8) is 0 Å². The third-order valence-electron chi connectivity index (χ3n) is 19.5. The van der Waals surface area contributed by atoms with Crippen LogP contribution in [0.3, 0.4) is 0 Å². The lowest BCUT2D eigenvalue weighted by molar-refractivity contribution is -0.894. The van der Waals surface area contributed by atoms with Crippen LogP contribution in [-0.4, -0.2) is 323 Å². The Balaban J connectivity index is -0.000000902. The summed E-state index contributed by atoms with van der Waals surface area (Å²) in [5.41, 5.74) is 0. The summed E-state index contributed by atoms with van der Waals surface area (Å²) >= 11 is 0. The maximum atomic E-state index is 2.57. The average molecular weight is 1210 g/mol. The van der Waals surface area contributed by atoms with Gasteiger partial charge in [-0.3, -0.25) is 24.5 Å². The third kappa shape index (κ3) is 40.2. The summed E-state index contributed by atoms with van der Waals surface area (Å²) in [6, 6.07) is 8.28. The summed E-state index contributed by atoms with van der Waals surface area (Å²) in [5.74, 6) is 0. The number of rotatable bonds is 11. The summed E-state index contributed by atoms with van der Waals surface area (Å²) in [5, 5.41) is 0. The molecule has 1 unspecified atom stereocenters. The van der Waals surface area contributed by atoms with Crippen LogP contribution in [0.2, 0.25) is 0 Å². The summed E-state index contributed by atoms with van der Waals surface area (Å²) < 4.78 is 1.20. The molecule has 0 aromatic heterocycles. The molecule has 0 aromatic rings. The molecular formula is C72H164N13+. The number of hydrogen-bond donors (Lipinski definition) is 0. The molecule has 0 aromatic carbocycles. The van der Waals surface area contributed by atoms with Gasteiger partial charge in [0.25, 0.3) is 0 Å². The first-order chi connectivity index (χ1) is 38.5. The maximum Gasteiger partial charge on any atom is 0.0912 e. The topological polar surface area (TPSA) is 38.9 Å². The number of hydrogen-bond acceptors (Lipinski definition) is 12. The molecule has 516 valence electrons. The zero-order chi connectivity index (χ0) is 62.1. The Kier molecular flexibility index (Phi) is 51.3. The van der Waals surface area contributed by atoms with E-state index in [0.717, 1.165) is 66.5 Å². The lowest BCUT2D eigenvalue weighted by Crippen LogP contribution is -2.56. The first-order valence-corrected chi connectivity index (χ1v) is 35.0. The van der Waals surface area contributed by atoms with E-state index in [1.54, 1.807) is 0 Å².